The van der Waals surface area contributed by atoms with E-state index in [1.54, 1.807) is 7.11 Å². The maximum atomic E-state index is 10.9. The highest BCUT2D eigenvalue weighted by Gasteiger charge is 2.31. The Morgan fingerprint density at radius 2 is 1.50 bits per heavy atom. The Morgan fingerprint density at radius 3 is 2.06 bits per heavy atom. The van der Waals surface area contributed by atoms with Crippen molar-refractivity contribution in [1.29, 1.82) is 0 Å². The minimum absolute atomic E-state index is 0.236. The highest BCUT2D eigenvalue weighted by atomic mass is 16.5. The lowest BCUT2D eigenvalue weighted by Gasteiger charge is -2.28. The maximum Gasteiger partial charge on any atom is 0.138 e. The molecule has 1 atom stereocenters. The van der Waals surface area contributed by atoms with Crippen LogP contribution < -0.4 is 0 Å². The molecule has 2 rings (SSSR count). The van der Waals surface area contributed by atoms with Gasteiger partial charge in [-0.25, -0.2) is 0 Å². The first-order chi connectivity index (χ1) is 8.66. The van der Waals surface area contributed by atoms with E-state index >= 15 is 0 Å². The normalized spacial score (nSPS) is 14.2. The summed E-state index contributed by atoms with van der Waals surface area (Å²) in [5.74, 6) is 0. The summed E-state index contributed by atoms with van der Waals surface area (Å²) in [6, 6.07) is 17.5. The molecule has 0 fully saturated rings. The van der Waals surface area contributed by atoms with Crippen LogP contribution in [0.1, 0.15) is 16.7 Å². The smallest absolute Gasteiger partial charge is 0.138 e. The lowest BCUT2D eigenvalue weighted by atomic mass is 9.87. The monoisotopic (exact) mass is 242 g/mol. The minimum Gasteiger partial charge on any atom is -0.381 e. The molecule has 0 aromatic heterocycles. The standard InChI is InChI=1S/C16H18O2/c1-13-8-10-15(11-9-13)16(17,12-18-2)14-6-4-3-5-7-14/h3-11,17H,12H2,1-2H3/t16-/m1/s1. The highest BCUT2D eigenvalue weighted by Crippen LogP contribution is 2.29. The predicted octanol–water partition coefficient (Wildman–Crippen LogP) is 2.88. The van der Waals surface area contributed by atoms with Gasteiger partial charge in [0.25, 0.3) is 0 Å². The molecule has 0 heterocycles. The zero-order valence-electron chi connectivity index (χ0n) is 10.8. The Bertz CT molecular complexity index is 490. The molecule has 0 aliphatic carbocycles. The summed E-state index contributed by atoms with van der Waals surface area (Å²) in [6.45, 7) is 2.27. The molecule has 94 valence electrons. The largest absolute Gasteiger partial charge is 0.381 e. The molecule has 0 radical (unpaired) electrons. The summed E-state index contributed by atoms with van der Waals surface area (Å²) in [5, 5.41) is 10.9. The Morgan fingerprint density at radius 1 is 0.944 bits per heavy atom. The molecule has 1 N–H and O–H groups in total. The topological polar surface area (TPSA) is 29.5 Å². The summed E-state index contributed by atoms with van der Waals surface area (Å²) in [6.07, 6.45) is 0. The van der Waals surface area contributed by atoms with E-state index in [1.165, 1.54) is 5.56 Å². The van der Waals surface area contributed by atoms with Crippen molar-refractivity contribution < 1.29 is 9.84 Å². The van der Waals surface area contributed by atoms with Crippen LogP contribution in [0.15, 0.2) is 54.6 Å². The van der Waals surface area contributed by atoms with Crippen LogP contribution in [-0.4, -0.2) is 18.8 Å². The SMILES string of the molecule is COC[C@@](O)(c1ccccc1)c1ccc(C)cc1. The van der Waals surface area contributed by atoms with E-state index in [2.05, 4.69) is 0 Å². The zero-order chi connectivity index (χ0) is 13.0. The average Bonchev–Trinajstić information content (AvgIpc) is 2.40. The molecule has 0 bridgehead atoms. The van der Waals surface area contributed by atoms with E-state index in [0.717, 1.165) is 11.1 Å². The lowest BCUT2D eigenvalue weighted by Crippen LogP contribution is -2.32. The highest BCUT2D eigenvalue weighted by molar-refractivity contribution is 5.37. The number of hydrogen-bond acceptors (Lipinski definition) is 2. The van der Waals surface area contributed by atoms with Crippen molar-refractivity contribution in [3.63, 3.8) is 0 Å². The van der Waals surface area contributed by atoms with Crippen LogP contribution in [-0.2, 0) is 10.3 Å². The number of aryl methyl sites for hydroxylation is 1. The third-order valence-corrected chi connectivity index (χ3v) is 3.13. The number of methoxy groups -OCH3 is 1. The Balaban J connectivity index is 2.47. The van der Waals surface area contributed by atoms with Gasteiger partial charge in [0.15, 0.2) is 0 Å². The Kier molecular flexibility index (Phi) is 3.80. The second-order valence-electron chi connectivity index (χ2n) is 4.53. The molecule has 2 heteroatoms. The van der Waals surface area contributed by atoms with Gasteiger partial charge in [0.1, 0.15) is 5.60 Å². The van der Waals surface area contributed by atoms with Gasteiger partial charge in [0.05, 0.1) is 6.61 Å². The number of hydrogen-bond donors (Lipinski definition) is 1. The molecule has 0 spiro atoms. The molecule has 18 heavy (non-hydrogen) atoms. The first-order valence-corrected chi connectivity index (χ1v) is 6.01. The first-order valence-electron chi connectivity index (χ1n) is 6.01. The second-order valence-corrected chi connectivity index (χ2v) is 4.53. The van der Waals surface area contributed by atoms with Crippen LogP contribution in [0.5, 0.6) is 0 Å². The summed E-state index contributed by atoms with van der Waals surface area (Å²) < 4.78 is 5.20. The average molecular weight is 242 g/mol. The van der Waals surface area contributed by atoms with Gasteiger partial charge in [-0.1, -0.05) is 60.2 Å². The van der Waals surface area contributed by atoms with E-state index < -0.39 is 5.60 Å². The van der Waals surface area contributed by atoms with Crippen molar-refractivity contribution in [3.8, 4) is 0 Å². The molecule has 2 aromatic rings. The molecule has 0 saturated heterocycles. The number of aliphatic hydroxyl groups is 1. The summed E-state index contributed by atoms with van der Waals surface area (Å²) in [7, 11) is 1.60. The van der Waals surface area contributed by atoms with E-state index in [4.69, 9.17) is 4.74 Å². The zero-order valence-corrected chi connectivity index (χ0v) is 10.8. The minimum atomic E-state index is -1.09. The molecule has 0 unspecified atom stereocenters. The Labute approximate surface area is 108 Å². The van der Waals surface area contributed by atoms with Crippen LogP contribution in [0, 0.1) is 6.92 Å². The van der Waals surface area contributed by atoms with Crippen molar-refractivity contribution in [2.75, 3.05) is 13.7 Å². The molecule has 2 nitrogen and oxygen atoms in total. The van der Waals surface area contributed by atoms with Gasteiger partial charge in [-0.05, 0) is 18.1 Å². The molecule has 0 aliphatic heterocycles. The van der Waals surface area contributed by atoms with Crippen LogP contribution in [0.2, 0.25) is 0 Å². The van der Waals surface area contributed by atoms with Crippen molar-refractivity contribution in [2.45, 2.75) is 12.5 Å². The lowest BCUT2D eigenvalue weighted by molar-refractivity contribution is -0.00328. The summed E-state index contributed by atoms with van der Waals surface area (Å²) in [4.78, 5) is 0. The Hall–Kier alpha value is -1.64. The van der Waals surface area contributed by atoms with Crippen LogP contribution in [0.25, 0.3) is 0 Å². The van der Waals surface area contributed by atoms with Gasteiger partial charge in [0.2, 0.25) is 0 Å². The van der Waals surface area contributed by atoms with E-state index in [9.17, 15) is 5.11 Å². The molecule has 0 saturated carbocycles. The van der Waals surface area contributed by atoms with Crippen molar-refractivity contribution in [1.82, 2.24) is 0 Å². The summed E-state index contributed by atoms with van der Waals surface area (Å²) >= 11 is 0. The van der Waals surface area contributed by atoms with Crippen molar-refractivity contribution >= 4 is 0 Å². The molecule has 2 aromatic carbocycles. The van der Waals surface area contributed by atoms with Gasteiger partial charge < -0.3 is 9.84 Å². The quantitative estimate of drug-likeness (QED) is 0.893. The third-order valence-electron chi connectivity index (χ3n) is 3.13. The van der Waals surface area contributed by atoms with Gasteiger partial charge in [0, 0.05) is 7.11 Å². The van der Waals surface area contributed by atoms with Gasteiger partial charge >= 0.3 is 0 Å². The van der Waals surface area contributed by atoms with E-state index in [-0.39, 0.29) is 6.61 Å². The fraction of sp³-hybridized carbons (Fsp3) is 0.250. The van der Waals surface area contributed by atoms with Gasteiger partial charge in [-0.2, -0.15) is 0 Å². The first kappa shape index (κ1) is 12.8. The predicted molar refractivity (Wildman–Crippen MR) is 72.5 cm³/mol. The van der Waals surface area contributed by atoms with E-state index in [0.29, 0.717) is 0 Å². The molecule has 0 amide bonds. The van der Waals surface area contributed by atoms with Gasteiger partial charge in [-0.3, -0.25) is 0 Å². The number of benzene rings is 2. The summed E-state index contributed by atoms with van der Waals surface area (Å²) in [5.41, 5.74) is 1.77. The van der Waals surface area contributed by atoms with Crippen molar-refractivity contribution in [3.05, 3.63) is 71.3 Å². The van der Waals surface area contributed by atoms with E-state index in [1.807, 2.05) is 61.5 Å². The second kappa shape index (κ2) is 5.34. The van der Waals surface area contributed by atoms with Crippen molar-refractivity contribution in [2.24, 2.45) is 0 Å². The number of rotatable bonds is 4. The third kappa shape index (κ3) is 2.45. The number of ether oxygens (including phenoxy) is 1. The fourth-order valence-electron chi connectivity index (χ4n) is 2.09. The van der Waals surface area contributed by atoms with Crippen LogP contribution in [0.4, 0.5) is 0 Å². The maximum absolute atomic E-state index is 10.9. The van der Waals surface area contributed by atoms with Crippen LogP contribution >= 0.6 is 0 Å². The molecule has 0 aliphatic rings. The van der Waals surface area contributed by atoms with Gasteiger partial charge in [-0.15, -0.1) is 0 Å². The molecular weight excluding hydrogens is 224 g/mol. The fourth-order valence-corrected chi connectivity index (χ4v) is 2.09. The van der Waals surface area contributed by atoms with Crippen LogP contribution in [0.3, 0.4) is 0 Å². The molecular formula is C16H18O2.